The molecule has 1 unspecified atom stereocenters. The van der Waals surface area contributed by atoms with Crippen molar-refractivity contribution in [3.63, 3.8) is 0 Å². The molecule has 3 aliphatic heterocycles. The van der Waals surface area contributed by atoms with E-state index in [-0.39, 0.29) is 11.5 Å². The van der Waals surface area contributed by atoms with E-state index in [0.717, 1.165) is 16.5 Å². The van der Waals surface area contributed by atoms with Crippen LogP contribution < -0.4 is 0 Å². The lowest BCUT2D eigenvalue weighted by Crippen LogP contribution is -2.61. The summed E-state index contributed by atoms with van der Waals surface area (Å²) in [5.74, 6) is -1.00. The van der Waals surface area contributed by atoms with Gasteiger partial charge in [0.2, 0.25) is 0 Å². The Kier molecular flexibility index (Phi) is 3.01. The van der Waals surface area contributed by atoms with Crippen molar-refractivity contribution in [2.24, 2.45) is 5.41 Å². The van der Waals surface area contributed by atoms with Crippen LogP contribution in [-0.4, -0.2) is 19.3 Å². The fourth-order valence-corrected chi connectivity index (χ4v) is 2.87. The predicted octanol–water partition coefficient (Wildman–Crippen LogP) is 3.42. The quantitative estimate of drug-likeness (QED) is 0.837. The van der Waals surface area contributed by atoms with Gasteiger partial charge >= 0.3 is 5.97 Å². The molecule has 4 heteroatoms. The molecule has 1 atom stereocenters. The van der Waals surface area contributed by atoms with E-state index in [1.54, 1.807) is 0 Å². The molecule has 3 heterocycles. The summed E-state index contributed by atoms with van der Waals surface area (Å²) in [4.78, 5) is 0. The van der Waals surface area contributed by atoms with Gasteiger partial charge in [-0.2, -0.15) is 0 Å². The summed E-state index contributed by atoms with van der Waals surface area (Å²) < 4.78 is 18.9. The molecule has 3 nitrogen and oxygen atoms in total. The van der Waals surface area contributed by atoms with Gasteiger partial charge in [0.05, 0.1) is 19.3 Å². The molecule has 0 saturated carbocycles. The van der Waals surface area contributed by atoms with Crippen LogP contribution in [0.4, 0.5) is 0 Å². The minimum Gasteiger partial charge on any atom is -0.323 e. The van der Waals surface area contributed by atoms with Crippen LogP contribution in [0.5, 0.6) is 0 Å². The average Bonchev–Trinajstić information content (AvgIpc) is 2.40. The normalized spacial score (nSPS) is 38.9. The highest BCUT2D eigenvalue weighted by atomic mass is 79.9. The number of halogens is 1. The monoisotopic (exact) mass is 312 g/mol. The Bertz CT molecular complexity index is 435. The molecule has 0 aromatic heterocycles. The van der Waals surface area contributed by atoms with Gasteiger partial charge in [-0.3, -0.25) is 0 Å². The Balaban J connectivity index is 1.92. The van der Waals surface area contributed by atoms with Crippen LogP contribution in [0.2, 0.25) is 0 Å². The number of benzene rings is 1. The number of fused-ring (bicyclic) bond motifs is 3. The second-order valence-corrected chi connectivity index (χ2v) is 6.03. The molecule has 1 aromatic rings. The first-order valence-electron chi connectivity index (χ1n) is 6.32. The minimum absolute atomic E-state index is 0.0110. The lowest BCUT2D eigenvalue weighted by molar-refractivity contribution is -0.498. The largest absolute Gasteiger partial charge is 0.323 e. The zero-order chi connectivity index (χ0) is 12.8. The standard InChI is InChI=1S/C14H17BrO3/c1-3-13-8-16-14(17-9-13,18-10(13)2)11-4-6-12(15)7-5-11/h4-7,10H,3,8-9H2,1-2H3. The molecule has 3 saturated heterocycles. The van der Waals surface area contributed by atoms with Crippen molar-refractivity contribution >= 4 is 15.9 Å². The Morgan fingerprint density at radius 2 is 1.83 bits per heavy atom. The molecule has 3 aliphatic rings. The smallest absolute Gasteiger partial charge is 0.312 e. The summed E-state index contributed by atoms with van der Waals surface area (Å²) >= 11 is 3.43. The molecule has 0 aliphatic carbocycles. The maximum absolute atomic E-state index is 6.03. The lowest BCUT2D eigenvalue weighted by atomic mass is 9.79. The predicted molar refractivity (Wildman–Crippen MR) is 71.0 cm³/mol. The highest BCUT2D eigenvalue weighted by molar-refractivity contribution is 9.10. The summed E-state index contributed by atoms with van der Waals surface area (Å²) in [6.45, 7) is 5.66. The molecule has 0 amide bonds. The third kappa shape index (κ3) is 1.74. The fourth-order valence-electron chi connectivity index (χ4n) is 2.60. The van der Waals surface area contributed by atoms with E-state index in [2.05, 4.69) is 29.8 Å². The zero-order valence-electron chi connectivity index (χ0n) is 10.6. The van der Waals surface area contributed by atoms with Crippen molar-refractivity contribution in [1.82, 2.24) is 0 Å². The highest BCUT2D eigenvalue weighted by Crippen LogP contribution is 2.49. The van der Waals surface area contributed by atoms with Crippen LogP contribution in [0.15, 0.2) is 28.7 Å². The van der Waals surface area contributed by atoms with Crippen LogP contribution in [0.25, 0.3) is 0 Å². The SMILES string of the molecule is CCC12COC(c3ccc(Br)cc3)(OC1)OC2C. The maximum atomic E-state index is 6.03. The van der Waals surface area contributed by atoms with Gasteiger partial charge in [-0.25, -0.2) is 0 Å². The van der Waals surface area contributed by atoms with Gasteiger partial charge in [0.1, 0.15) is 0 Å². The van der Waals surface area contributed by atoms with E-state index in [9.17, 15) is 0 Å². The maximum Gasteiger partial charge on any atom is 0.312 e. The molecular formula is C14H17BrO3. The number of hydrogen-bond acceptors (Lipinski definition) is 3. The third-order valence-electron chi connectivity index (χ3n) is 4.20. The minimum atomic E-state index is -1.00. The second-order valence-electron chi connectivity index (χ2n) is 5.12. The van der Waals surface area contributed by atoms with E-state index < -0.39 is 5.97 Å². The Morgan fingerprint density at radius 3 is 2.33 bits per heavy atom. The first-order chi connectivity index (χ1) is 8.60. The van der Waals surface area contributed by atoms with Gasteiger partial charge < -0.3 is 14.2 Å². The molecule has 0 N–H and O–H groups in total. The Hall–Kier alpha value is -0.420. The van der Waals surface area contributed by atoms with Crippen LogP contribution in [-0.2, 0) is 20.2 Å². The van der Waals surface area contributed by atoms with Gasteiger partial charge in [0, 0.05) is 15.5 Å². The number of rotatable bonds is 2. The van der Waals surface area contributed by atoms with Gasteiger partial charge in [-0.05, 0) is 37.6 Å². The van der Waals surface area contributed by atoms with Crippen LogP contribution in [0.3, 0.4) is 0 Å². The topological polar surface area (TPSA) is 27.7 Å². The van der Waals surface area contributed by atoms with E-state index in [0.29, 0.717) is 13.2 Å². The van der Waals surface area contributed by atoms with Crippen LogP contribution in [0.1, 0.15) is 25.8 Å². The first-order valence-corrected chi connectivity index (χ1v) is 7.11. The van der Waals surface area contributed by atoms with Gasteiger partial charge in [0.25, 0.3) is 0 Å². The molecule has 98 valence electrons. The van der Waals surface area contributed by atoms with E-state index in [4.69, 9.17) is 14.2 Å². The number of ether oxygens (including phenoxy) is 3. The Labute approximate surface area is 116 Å². The van der Waals surface area contributed by atoms with Crippen LogP contribution >= 0.6 is 15.9 Å². The molecule has 3 fully saturated rings. The summed E-state index contributed by atoms with van der Waals surface area (Å²) in [6.07, 6.45) is 1.15. The summed E-state index contributed by atoms with van der Waals surface area (Å²) in [5.41, 5.74) is 0.930. The fraction of sp³-hybridized carbons (Fsp3) is 0.571. The van der Waals surface area contributed by atoms with Crippen molar-refractivity contribution in [3.8, 4) is 0 Å². The van der Waals surface area contributed by atoms with Gasteiger partial charge in [0.15, 0.2) is 0 Å². The zero-order valence-corrected chi connectivity index (χ0v) is 12.2. The molecule has 18 heavy (non-hydrogen) atoms. The molecular weight excluding hydrogens is 296 g/mol. The van der Waals surface area contributed by atoms with Crippen molar-refractivity contribution in [3.05, 3.63) is 34.3 Å². The van der Waals surface area contributed by atoms with Crippen molar-refractivity contribution in [1.29, 1.82) is 0 Å². The Morgan fingerprint density at radius 1 is 1.22 bits per heavy atom. The van der Waals surface area contributed by atoms with E-state index in [1.807, 2.05) is 24.3 Å². The molecule has 1 aromatic carbocycles. The highest BCUT2D eigenvalue weighted by Gasteiger charge is 2.56. The molecule has 0 radical (unpaired) electrons. The van der Waals surface area contributed by atoms with Crippen LogP contribution in [0, 0.1) is 5.41 Å². The van der Waals surface area contributed by atoms with Gasteiger partial charge in [-0.15, -0.1) is 0 Å². The third-order valence-corrected chi connectivity index (χ3v) is 4.72. The van der Waals surface area contributed by atoms with Crippen molar-refractivity contribution in [2.45, 2.75) is 32.3 Å². The molecule has 0 spiro atoms. The summed E-state index contributed by atoms with van der Waals surface area (Å²) in [5, 5.41) is 0. The molecule has 4 rings (SSSR count). The second kappa shape index (κ2) is 4.30. The summed E-state index contributed by atoms with van der Waals surface area (Å²) in [6, 6.07) is 7.89. The first kappa shape index (κ1) is 12.6. The summed E-state index contributed by atoms with van der Waals surface area (Å²) in [7, 11) is 0. The van der Waals surface area contributed by atoms with Crippen molar-refractivity contribution in [2.75, 3.05) is 13.2 Å². The van der Waals surface area contributed by atoms with E-state index >= 15 is 0 Å². The average molecular weight is 313 g/mol. The van der Waals surface area contributed by atoms with Crippen molar-refractivity contribution < 1.29 is 14.2 Å². The van der Waals surface area contributed by atoms with Gasteiger partial charge in [-0.1, -0.05) is 22.9 Å². The lowest BCUT2D eigenvalue weighted by Gasteiger charge is -2.55. The van der Waals surface area contributed by atoms with E-state index in [1.165, 1.54) is 0 Å². The molecule has 2 bridgehead atoms. The number of hydrogen-bond donors (Lipinski definition) is 0.